The highest BCUT2D eigenvalue weighted by Crippen LogP contribution is 2.36. The number of carbonyl (C=O) groups is 1. The smallest absolute Gasteiger partial charge is 0.230 e. The van der Waals surface area contributed by atoms with Crippen LogP contribution in [0.25, 0.3) is 11.4 Å². The molecule has 0 spiro atoms. The molecule has 2 saturated carbocycles. The third kappa shape index (κ3) is 3.22. The minimum atomic E-state index is 0.302. The summed E-state index contributed by atoms with van der Waals surface area (Å²) in [4.78, 5) is 21.4. The molecule has 0 bridgehead atoms. The van der Waals surface area contributed by atoms with Crippen molar-refractivity contribution in [3.63, 3.8) is 0 Å². The van der Waals surface area contributed by atoms with Gasteiger partial charge in [0, 0.05) is 49.3 Å². The Morgan fingerprint density at radius 2 is 1.67 bits per heavy atom. The molecule has 1 aliphatic heterocycles. The van der Waals surface area contributed by atoms with Gasteiger partial charge in [0.25, 0.3) is 0 Å². The molecular weight excluding hydrogens is 340 g/mol. The van der Waals surface area contributed by atoms with Crippen LogP contribution < -0.4 is 4.90 Å². The lowest BCUT2D eigenvalue weighted by Gasteiger charge is -2.39. The minimum absolute atomic E-state index is 0.302. The van der Waals surface area contributed by atoms with Gasteiger partial charge >= 0.3 is 0 Å². The molecule has 6 heteroatoms. The molecule has 0 atom stereocenters. The van der Waals surface area contributed by atoms with E-state index >= 15 is 0 Å². The van der Waals surface area contributed by atoms with E-state index < -0.39 is 0 Å². The van der Waals surface area contributed by atoms with Crippen LogP contribution in [0.1, 0.15) is 50.3 Å². The van der Waals surface area contributed by atoms with E-state index in [1.54, 1.807) is 0 Å². The van der Waals surface area contributed by atoms with Gasteiger partial charge in [-0.25, -0.2) is 0 Å². The first-order chi connectivity index (χ1) is 13.3. The van der Waals surface area contributed by atoms with Crippen LogP contribution in [0.15, 0.2) is 28.8 Å². The lowest BCUT2D eigenvalue weighted by molar-refractivity contribution is -0.138. The van der Waals surface area contributed by atoms with Crippen LogP contribution >= 0.6 is 0 Å². The number of nitrogens with zero attached hydrogens (tertiary/aromatic N) is 4. The maximum absolute atomic E-state index is 12.4. The first-order valence-electron chi connectivity index (χ1n) is 10.3. The van der Waals surface area contributed by atoms with Crippen LogP contribution in [0, 0.1) is 5.92 Å². The van der Waals surface area contributed by atoms with E-state index in [1.807, 2.05) is 0 Å². The van der Waals surface area contributed by atoms with Crippen LogP contribution in [0.2, 0.25) is 0 Å². The zero-order valence-corrected chi connectivity index (χ0v) is 15.6. The van der Waals surface area contributed by atoms with Crippen LogP contribution in [-0.2, 0) is 4.79 Å². The van der Waals surface area contributed by atoms with Crippen molar-refractivity contribution < 1.29 is 9.32 Å². The number of hydrogen-bond acceptors (Lipinski definition) is 5. The normalized spacial score (nSPS) is 21.0. The molecule has 3 fully saturated rings. The van der Waals surface area contributed by atoms with Gasteiger partial charge in [0.05, 0.1) is 0 Å². The van der Waals surface area contributed by atoms with E-state index in [9.17, 15) is 4.79 Å². The molecule has 1 saturated heterocycles. The Labute approximate surface area is 159 Å². The van der Waals surface area contributed by atoms with Crippen LogP contribution in [0.3, 0.4) is 0 Å². The van der Waals surface area contributed by atoms with Crippen molar-refractivity contribution in [2.24, 2.45) is 5.92 Å². The molecule has 142 valence electrons. The van der Waals surface area contributed by atoms with Gasteiger partial charge in [0.15, 0.2) is 0 Å². The summed E-state index contributed by atoms with van der Waals surface area (Å²) in [5, 5.41) is 4.15. The van der Waals surface area contributed by atoms with Crippen molar-refractivity contribution >= 4 is 11.6 Å². The standard InChI is InChI=1S/C21H26N4O2/c26-21(17-5-2-6-17)25-13-11-24(12-14-25)18-9-7-15(8-10-18)19-22-20(27-23-19)16-3-1-4-16/h7-10,16-17H,1-6,11-14H2. The Balaban J connectivity index is 1.20. The van der Waals surface area contributed by atoms with Gasteiger partial charge in [-0.3, -0.25) is 4.79 Å². The SMILES string of the molecule is O=C(C1CCC1)N1CCN(c2ccc(-c3noc(C4CCC4)n3)cc2)CC1. The zero-order valence-electron chi connectivity index (χ0n) is 15.6. The van der Waals surface area contributed by atoms with Crippen LogP contribution in [0.5, 0.6) is 0 Å². The Bertz CT molecular complexity index is 800. The first kappa shape index (κ1) is 16.8. The Kier molecular flexibility index (Phi) is 4.34. The Morgan fingerprint density at radius 1 is 0.963 bits per heavy atom. The van der Waals surface area contributed by atoms with Crippen molar-refractivity contribution in [1.29, 1.82) is 0 Å². The number of rotatable bonds is 4. The third-order valence-electron chi connectivity index (χ3n) is 6.43. The summed E-state index contributed by atoms with van der Waals surface area (Å²) in [6.45, 7) is 3.44. The summed E-state index contributed by atoms with van der Waals surface area (Å²) in [6, 6.07) is 8.38. The topological polar surface area (TPSA) is 62.5 Å². The summed E-state index contributed by atoms with van der Waals surface area (Å²) >= 11 is 0. The molecule has 0 N–H and O–H groups in total. The van der Waals surface area contributed by atoms with Gasteiger partial charge in [-0.15, -0.1) is 0 Å². The van der Waals surface area contributed by atoms with E-state index in [0.29, 0.717) is 23.6 Å². The highest BCUT2D eigenvalue weighted by atomic mass is 16.5. The number of amides is 1. The summed E-state index contributed by atoms with van der Waals surface area (Å²) in [5.41, 5.74) is 2.18. The monoisotopic (exact) mass is 366 g/mol. The Morgan fingerprint density at radius 3 is 2.26 bits per heavy atom. The van der Waals surface area contributed by atoms with Crippen LogP contribution in [0.4, 0.5) is 5.69 Å². The summed E-state index contributed by atoms with van der Waals surface area (Å²) in [7, 11) is 0. The minimum Gasteiger partial charge on any atom is -0.368 e. The van der Waals surface area contributed by atoms with Gasteiger partial charge < -0.3 is 14.3 Å². The van der Waals surface area contributed by atoms with Crippen molar-refractivity contribution in [2.45, 2.75) is 44.4 Å². The van der Waals surface area contributed by atoms with Crippen molar-refractivity contribution in [1.82, 2.24) is 15.0 Å². The number of anilines is 1. The van der Waals surface area contributed by atoms with Gasteiger partial charge in [-0.2, -0.15) is 4.98 Å². The molecule has 0 unspecified atom stereocenters. The van der Waals surface area contributed by atoms with E-state index in [1.165, 1.54) is 18.5 Å². The molecular formula is C21H26N4O2. The Hall–Kier alpha value is -2.37. The molecule has 1 amide bonds. The number of benzene rings is 1. The molecule has 2 heterocycles. The van der Waals surface area contributed by atoms with Gasteiger partial charge in [0.2, 0.25) is 17.6 Å². The molecule has 3 aliphatic rings. The molecule has 5 rings (SSSR count). The van der Waals surface area contributed by atoms with E-state index in [2.05, 4.69) is 44.2 Å². The fourth-order valence-electron chi connectivity index (χ4n) is 4.09. The third-order valence-corrected chi connectivity index (χ3v) is 6.43. The summed E-state index contributed by atoms with van der Waals surface area (Å²) in [5.74, 6) is 2.60. The molecule has 1 aromatic heterocycles. The van der Waals surface area contributed by atoms with Crippen molar-refractivity contribution in [3.05, 3.63) is 30.2 Å². The van der Waals surface area contributed by atoms with E-state index in [0.717, 1.165) is 63.3 Å². The van der Waals surface area contributed by atoms with E-state index in [4.69, 9.17) is 4.52 Å². The molecule has 2 aliphatic carbocycles. The number of hydrogen-bond donors (Lipinski definition) is 0. The quantitative estimate of drug-likeness (QED) is 0.829. The second-order valence-corrected chi connectivity index (χ2v) is 8.07. The number of aromatic nitrogens is 2. The predicted octanol–water partition coefficient (Wildman–Crippen LogP) is 3.45. The fraction of sp³-hybridized carbons (Fsp3) is 0.571. The summed E-state index contributed by atoms with van der Waals surface area (Å²) in [6.07, 6.45) is 6.96. The highest BCUT2D eigenvalue weighted by molar-refractivity contribution is 5.80. The second kappa shape index (κ2) is 6.98. The van der Waals surface area contributed by atoms with Crippen molar-refractivity contribution in [2.75, 3.05) is 31.1 Å². The van der Waals surface area contributed by atoms with Gasteiger partial charge in [0.1, 0.15) is 0 Å². The highest BCUT2D eigenvalue weighted by Gasteiger charge is 2.31. The van der Waals surface area contributed by atoms with Crippen molar-refractivity contribution in [3.8, 4) is 11.4 Å². The maximum atomic E-state index is 12.4. The molecule has 0 radical (unpaired) electrons. The van der Waals surface area contributed by atoms with Gasteiger partial charge in [-0.1, -0.05) is 18.0 Å². The first-order valence-corrected chi connectivity index (χ1v) is 10.3. The molecule has 27 heavy (non-hydrogen) atoms. The largest absolute Gasteiger partial charge is 0.368 e. The van der Waals surface area contributed by atoms with Gasteiger partial charge in [-0.05, 0) is 49.9 Å². The predicted molar refractivity (Wildman–Crippen MR) is 102 cm³/mol. The molecule has 2 aromatic rings. The maximum Gasteiger partial charge on any atom is 0.230 e. The lowest BCUT2D eigenvalue weighted by Crippen LogP contribution is -2.51. The van der Waals surface area contributed by atoms with E-state index in [-0.39, 0.29) is 0 Å². The second-order valence-electron chi connectivity index (χ2n) is 8.07. The average Bonchev–Trinajstić information content (AvgIpc) is 3.08. The zero-order chi connectivity index (χ0) is 18.2. The number of piperazine rings is 1. The lowest BCUT2D eigenvalue weighted by atomic mass is 9.84. The fourth-order valence-corrected chi connectivity index (χ4v) is 4.09. The average molecular weight is 366 g/mol. The number of carbonyl (C=O) groups excluding carboxylic acids is 1. The molecule has 6 nitrogen and oxygen atoms in total. The van der Waals surface area contributed by atoms with Crippen LogP contribution in [-0.4, -0.2) is 47.1 Å². The molecule has 1 aromatic carbocycles. The summed E-state index contributed by atoms with van der Waals surface area (Å²) < 4.78 is 5.43.